The summed E-state index contributed by atoms with van der Waals surface area (Å²) in [5.74, 6) is 0.947. The van der Waals surface area contributed by atoms with E-state index in [-0.39, 0.29) is 17.4 Å². The number of carbonyl (C=O) groups is 1. The Balaban J connectivity index is 1.47. The molecule has 0 unspecified atom stereocenters. The Bertz CT molecular complexity index is 1370. The number of nitrogens with zero attached hydrogens (tertiary/aromatic N) is 4. The average molecular weight is 502 g/mol. The van der Waals surface area contributed by atoms with E-state index < -0.39 is 0 Å². The molecule has 0 saturated heterocycles. The first-order chi connectivity index (χ1) is 17.4. The Hall–Kier alpha value is -4.11. The zero-order chi connectivity index (χ0) is 25.5. The molecule has 0 radical (unpaired) electrons. The van der Waals surface area contributed by atoms with Gasteiger partial charge in [0, 0.05) is 11.3 Å². The molecule has 36 heavy (non-hydrogen) atoms. The lowest BCUT2D eigenvalue weighted by molar-refractivity contribution is -0.118. The Labute approximate surface area is 214 Å². The lowest BCUT2D eigenvalue weighted by Crippen LogP contribution is -2.20. The molecule has 4 aromatic rings. The normalized spacial score (nSPS) is 11.1. The Kier molecular flexibility index (Phi) is 8.02. The Morgan fingerprint density at radius 2 is 1.75 bits per heavy atom. The van der Waals surface area contributed by atoms with Gasteiger partial charge in [-0.3, -0.25) is 9.36 Å². The third-order valence-electron chi connectivity index (χ3n) is 5.25. The van der Waals surface area contributed by atoms with Crippen LogP contribution in [0.2, 0.25) is 0 Å². The molecule has 0 aliphatic rings. The SMILES string of the molecule is CCOc1cc(/C=N/NC(=O)CSc2nnc(-c3ccc(C)cc3)n2-c2ccc(C)cc2)ccc1O. The first kappa shape index (κ1) is 25.0. The van der Waals surface area contributed by atoms with Gasteiger partial charge in [0.15, 0.2) is 22.5 Å². The van der Waals surface area contributed by atoms with Crippen molar-refractivity contribution in [3.63, 3.8) is 0 Å². The molecule has 8 nitrogen and oxygen atoms in total. The van der Waals surface area contributed by atoms with E-state index in [0.717, 1.165) is 22.4 Å². The number of aryl methyl sites for hydroxylation is 2. The first-order valence-electron chi connectivity index (χ1n) is 11.4. The van der Waals surface area contributed by atoms with E-state index in [1.54, 1.807) is 12.1 Å². The van der Waals surface area contributed by atoms with Crippen LogP contribution in [0.15, 0.2) is 77.0 Å². The molecule has 0 bridgehead atoms. The van der Waals surface area contributed by atoms with E-state index in [2.05, 4.69) is 20.7 Å². The van der Waals surface area contributed by atoms with Crippen LogP contribution in [0.3, 0.4) is 0 Å². The van der Waals surface area contributed by atoms with Crippen molar-refractivity contribution in [3.05, 3.63) is 83.4 Å². The highest BCUT2D eigenvalue weighted by Crippen LogP contribution is 2.28. The van der Waals surface area contributed by atoms with E-state index in [4.69, 9.17) is 4.74 Å². The predicted octanol–water partition coefficient (Wildman–Crippen LogP) is 4.90. The summed E-state index contributed by atoms with van der Waals surface area (Å²) in [5, 5.41) is 23.2. The maximum atomic E-state index is 12.5. The third-order valence-corrected chi connectivity index (χ3v) is 6.18. The first-order valence-corrected chi connectivity index (χ1v) is 12.4. The molecule has 0 atom stereocenters. The van der Waals surface area contributed by atoms with Crippen molar-refractivity contribution < 1.29 is 14.6 Å². The maximum absolute atomic E-state index is 12.5. The number of ether oxygens (including phenoxy) is 1. The monoisotopic (exact) mass is 501 g/mol. The van der Waals surface area contributed by atoms with Crippen LogP contribution in [0.1, 0.15) is 23.6 Å². The van der Waals surface area contributed by atoms with E-state index in [1.807, 2.05) is 73.9 Å². The highest BCUT2D eigenvalue weighted by atomic mass is 32.2. The van der Waals surface area contributed by atoms with Crippen molar-refractivity contribution in [2.75, 3.05) is 12.4 Å². The van der Waals surface area contributed by atoms with Gasteiger partial charge in [-0.1, -0.05) is 59.3 Å². The second kappa shape index (κ2) is 11.5. The van der Waals surface area contributed by atoms with E-state index in [1.165, 1.54) is 24.0 Å². The summed E-state index contributed by atoms with van der Waals surface area (Å²) in [7, 11) is 0. The number of phenolic OH excluding ortho intramolecular Hbond substituents is 1. The van der Waals surface area contributed by atoms with Gasteiger partial charge < -0.3 is 9.84 Å². The molecule has 3 aromatic carbocycles. The van der Waals surface area contributed by atoms with Crippen molar-refractivity contribution in [2.24, 2.45) is 5.10 Å². The minimum absolute atomic E-state index is 0.0529. The third kappa shape index (κ3) is 6.11. The summed E-state index contributed by atoms with van der Waals surface area (Å²) in [6, 6.07) is 21.0. The van der Waals surface area contributed by atoms with Crippen LogP contribution in [-0.2, 0) is 4.79 Å². The van der Waals surface area contributed by atoms with Crippen LogP contribution < -0.4 is 10.2 Å². The van der Waals surface area contributed by atoms with Gasteiger partial charge in [-0.05, 0) is 56.7 Å². The molecule has 0 aliphatic carbocycles. The maximum Gasteiger partial charge on any atom is 0.250 e. The molecule has 1 aromatic heterocycles. The molecule has 0 saturated carbocycles. The van der Waals surface area contributed by atoms with Gasteiger partial charge in [-0.25, -0.2) is 5.43 Å². The van der Waals surface area contributed by atoms with E-state index in [0.29, 0.717) is 28.9 Å². The summed E-state index contributed by atoms with van der Waals surface area (Å²) in [4.78, 5) is 12.5. The molecule has 1 heterocycles. The molecule has 2 N–H and O–H groups in total. The zero-order valence-electron chi connectivity index (χ0n) is 20.3. The van der Waals surface area contributed by atoms with Gasteiger partial charge in [0.1, 0.15) is 0 Å². The lowest BCUT2D eigenvalue weighted by Gasteiger charge is -2.11. The summed E-state index contributed by atoms with van der Waals surface area (Å²) >= 11 is 1.28. The molecule has 0 aliphatic heterocycles. The summed E-state index contributed by atoms with van der Waals surface area (Å²) in [6.45, 7) is 6.34. The van der Waals surface area contributed by atoms with Gasteiger partial charge in [0.05, 0.1) is 18.6 Å². The van der Waals surface area contributed by atoms with Crippen molar-refractivity contribution in [3.8, 4) is 28.6 Å². The molecule has 1 amide bonds. The number of rotatable bonds is 9. The van der Waals surface area contributed by atoms with Crippen molar-refractivity contribution >= 4 is 23.9 Å². The standard InChI is InChI=1S/C27H27N5O3S/c1-4-35-24-15-20(9-14-23(24)33)16-28-29-25(34)17-36-27-31-30-26(21-10-5-18(2)6-11-21)32(27)22-12-7-19(3)8-13-22/h5-16,33H,4,17H2,1-3H3,(H,29,34)/b28-16+. The Morgan fingerprint density at radius 3 is 2.44 bits per heavy atom. The number of phenols is 1. The second-order valence-corrected chi connectivity index (χ2v) is 9.03. The molecular weight excluding hydrogens is 474 g/mol. The number of thioether (sulfide) groups is 1. The summed E-state index contributed by atoms with van der Waals surface area (Å²) in [5.41, 5.74) is 7.38. The predicted molar refractivity (Wildman–Crippen MR) is 142 cm³/mol. The van der Waals surface area contributed by atoms with E-state index in [9.17, 15) is 9.90 Å². The molecular formula is C27H27N5O3S. The number of carbonyl (C=O) groups excluding carboxylic acids is 1. The van der Waals surface area contributed by atoms with Crippen LogP contribution in [-0.4, -0.2) is 44.4 Å². The Morgan fingerprint density at radius 1 is 1.06 bits per heavy atom. The topological polar surface area (TPSA) is 102 Å². The average Bonchev–Trinajstić information content (AvgIpc) is 3.29. The minimum atomic E-state index is -0.282. The smallest absolute Gasteiger partial charge is 0.250 e. The van der Waals surface area contributed by atoms with Crippen LogP contribution in [0.5, 0.6) is 11.5 Å². The zero-order valence-corrected chi connectivity index (χ0v) is 21.1. The fourth-order valence-corrected chi connectivity index (χ4v) is 4.15. The van der Waals surface area contributed by atoms with Gasteiger partial charge in [0.2, 0.25) is 0 Å². The lowest BCUT2D eigenvalue weighted by atomic mass is 10.1. The van der Waals surface area contributed by atoms with Crippen LogP contribution in [0, 0.1) is 13.8 Å². The number of hydrazone groups is 1. The molecule has 4 rings (SSSR count). The van der Waals surface area contributed by atoms with Gasteiger partial charge in [-0.15, -0.1) is 10.2 Å². The highest BCUT2D eigenvalue weighted by molar-refractivity contribution is 7.99. The highest BCUT2D eigenvalue weighted by Gasteiger charge is 2.17. The summed E-state index contributed by atoms with van der Waals surface area (Å²) < 4.78 is 7.32. The van der Waals surface area contributed by atoms with Gasteiger partial charge in [0.25, 0.3) is 5.91 Å². The van der Waals surface area contributed by atoms with Gasteiger partial charge in [-0.2, -0.15) is 5.10 Å². The number of hydrogen-bond donors (Lipinski definition) is 2. The van der Waals surface area contributed by atoms with Crippen molar-refractivity contribution in [1.29, 1.82) is 0 Å². The molecule has 9 heteroatoms. The molecule has 0 fully saturated rings. The number of benzene rings is 3. The van der Waals surface area contributed by atoms with E-state index >= 15 is 0 Å². The quantitative estimate of drug-likeness (QED) is 0.192. The number of amides is 1. The van der Waals surface area contributed by atoms with Crippen LogP contribution >= 0.6 is 11.8 Å². The number of aromatic hydroxyl groups is 1. The molecule has 0 spiro atoms. The minimum Gasteiger partial charge on any atom is -0.504 e. The second-order valence-electron chi connectivity index (χ2n) is 8.09. The number of nitrogens with one attached hydrogen (secondary N) is 1. The van der Waals surface area contributed by atoms with Crippen molar-refractivity contribution in [2.45, 2.75) is 25.9 Å². The molecule has 184 valence electrons. The van der Waals surface area contributed by atoms with Crippen LogP contribution in [0.25, 0.3) is 17.1 Å². The fraction of sp³-hybridized carbons (Fsp3) is 0.185. The van der Waals surface area contributed by atoms with Crippen LogP contribution in [0.4, 0.5) is 0 Å². The number of aromatic nitrogens is 3. The van der Waals surface area contributed by atoms with Gasteiger partial charge >= 0.3 is 0 Å². The summed E-state index contributed by atoms with van der Waals surface area (Å²) in [6.07, 6.45) is 1.49. The fourth-order valence-electron chi connectivity index (χ4n) is 3.40. The largest absolute Gasteiger partial charge is 0.504 e. The number of hydrogen-bond acceptors (Lipinski definition) is 7. The van der Waals surface area contributed by atoms with Crippen molar-refractivity contribution in [1.82, 2.24) is 20.2 Å².